The first-order chi connectivity index (χ1) is 11.5. The third-order valence-corrected chi connectivity index (χ3v) is 4.02. The Labute approximate surface area is 144 Å². The number of primary amides is 1. The van der Waals surface area contributed by atoms with Gasteiger partial charge in [-0.2, -0.15) is 0 Å². The minimum atomic E-state index is -0.599. The van der Waals surface area contributed by atoms with Crippen LogP contribution >= 0.6 is 11.6 Å². The number of hydrogen-bond donors (Lipinski definition) is 2. The van der Waals surface area contributed by atoms with Crippen molar-refractivity contribution >= 4 is 34.1 Å². The molecule has 0 radical (unpaired) electrons. The molecule has 2 aromatic carbocycles. The van der Waals surface area contributed by atoms with E-state index in [2.05, 4.69) is 4.98 Å². The molecule has 122 valence electrons. The van der Waals surface area contributed by atoms with Crippen molar-refractivity contribution in [3.63, 3.8) is 0 Å². The van der Waals surface area contributed by atoms with Gasteiger partial charge in [0.05, 0.1) is 5.52 Å². The molecule has 3 aromatic rings. The zero-order valence-electron chi connectivity index (χ0n) is 13.0. The third kappa shape index (κ3) is 2.98. The second-order valence-corrected chi connectivity index (χ2v) is 5.90. The second kappa shape index (κ2) is 6.37. The minimum Gasteiger partial charge on any atom is -0.487 e. The lowest BCUT2D eigenvalue weighted by Crippen LogP contribution is -2.14. The first-order valence-electron chi connectivity index (χ1n) is 7.32. The van der Waals surface area contributed by atoms with Crippen LogP contribution in [0.25, 0.3) is 10.9 Å². The number of aromatic nitrogens is 1. The largest absolute Gasteiger partial charge is 0.487 e. The van der Waals surface area contributed by atoms with Crippen LogP contribution in [0.15, 0.2) is 42.6 Å². The molecule has 6 heteroatoms. The van der Waals surface area contributed by atoms with Crippen LogP contribution in [0.3, 0.4) is 0 Å². The molecule has 0 aliphatic carbocycles. The number of pyridine rings is 1. The number of halogens is 1. The standard InChI is InChI=1S/C18H16ClN3O2/c1-10-6-12(19)7-11(16(10)20)9-24-17-13-4-2-3-5-15(13)22-8-14(17)18(21)23/h2-8H,9,20H2,1H3,(H2,21,23). The SMILES string of the molecule is Cc1cc(Cl)cc(COc2c(C(N)=O)cnc3ccccc23)c1N. The van der Waals surface area contributed by atoms with Crippen molar-refractivity contribution in [2.45, 2.75) is 13.5 Å². The lowest BCUT2D eigenvalue weighted by atomic mass is 10.1. The number of nitrogens with two attached hydrogens (primary N) is 2. The van der Waals surface area contributed by atoms with E-state index in [0.717, 1.165) is 11.1 Å². The Morgan fingerprint density at radius 2 is 2.04 bits per heavy atom. The van der Waals surface area contributed by atoms with Gasteiger partial charge in [0.25, 0.3) is 5.91 Å². The Bertz CT molecular complexity index is 941. The highest BCUT2D eigenvalue weighted by molar-refractivity contribution is 6.30. The van der Waals surface area contributed by atoms with Gasteiger partial charge in [-0.1, -0.05) is 23.7 Å². The van der Waals surface area contributed by atoms with Crippen LogP contribution in [-0.2, 0) is 6.61 Å². The van der Waals surface area contributed by atoms with Crippen molar-refractivity contribution in [3.05, 3.63) is 64.3 Å². The van der Waals surface area contributed by atoms with Crippen molar-refractivity contribution < 1.29 is 9.53 Å². The fourth-order valence-corrected chi connectivity index (χ4v) is 2.84. The zero-order chi connectivity index (χ0) is 17.3. The van der Waals surface area contributed by atoms with Gasteiger partial charge < -0.3 is 16.2 Å². The number of nitrogen functional groups attached to an aromatic ring is 1. The van der Waals surface area contributed by atoms with E-state index in [1.165, 1.54) is 6.20 Å². The number of ether oxygens (including phenoxy) is 1. The molecule has 1 aromatic heterocycles. The van der Waals surface area contributed by atoms with Gasteiger partial charge in [-0.25, -0.2) is 0 Å². The Balaban J connectivity index is 2.04. The average Bonchev–Trinajstić information content (AvgIpc) is 2.56. The number of nitrogens with zero attached hydrogens (tertiary/aromatic N) is 1. The maximum Gasteiger partial charge on any atom is 0.254 e. The number of carbonyl (C=O) groups is 1. The maximum absolute atomic E-state index is 11.7. The molecule has 0 spiro atoms. The summed E-state index contributed by atoms with van der Waals surface area (Å²) in [6, 6.07) is 10.9. The molecule has 4 N–H and O–H groups in total. The Morgan fingerprint density at radius 3 is 2.79 bits per heavy atom. The van der Waals surface area contributed by atoms with Crippen molar-refractivity contribution in [2.24, 2.45) is 5.73 Å². The molecule has 0 saturated carbocycles. The second-order valence-electron chi connectivity index (χ2n) is 5.47. The summed E-state index contributed by atoms with van der Waals surface area (Å²) in [7, 11) is 0. The van der Waals surface area contributed by atoms with Gasteiger partial charge in [0.2, 0.25) is 0 Å². The van der Waals surface area contributed by atoms with Crippen LogP contribution in [0.5, 0.6) is 5.75 Å². The molecule has 0 aliphatic rings. The number of benzene rings is 2. The van der Waals surface area contributed by atoms with Gasteiger partial charge in [0, 0.05) is 27.9 Å². The van der Waals surface area contributed by atoms with Crippen molar-refractivity contribution in [2.75, 3.05) is 5.73 Å². The topological polar surface area (TPSA) is 91.2 Å². The van der Waals surface area contributed by atoms with E-state index < -0.39 is 5.91 Å². The van der Waals surface area contributed by atoms with E-state index in [-0.39, 0.29) is 12.2 Å². The fraction of sp³-hybridized carbons (Fsp3) is 0.111. The summed E-state index contributed by atoms with van der Waals surface area (Å²) in [5.74, 6) is -0.205. The van der Waals surface area contributed by atoms with Crippen LogP contribution in [0, 0.1) is 6.92 Å². The van der Waals surface area contributed by atoms with Crippen LogP contribution in [-0.4, -0.2) is 10.9 Å². The smallest absolute Gasteiger partial charge is 0.254 e. The molecular weight excluding hydrogens is 326 g/mol. The molecule has 0 unspecified atom stereocenters. The summed E-state index contributed by atoms with van der Waals surface area (Å²) in [6.45, 7) is 2.04. The first-order valence-corrected chi connectivity index (χ1v) is 7.70. The summed E-state index contributed by atoms with van der Waals surface area (Å²) in [5.41, 5.74) is 14.7. The predicted octanol–water partition coefficient (Wildman–Crippen LogP) is 3.46. The Hall–Kier alpha value is -2.79. The summed E-state index contributed by atoms with van der Waals surface area (Å²) in [6.07, 6.45) is 1.42. The first kappa shape index (κ1) is 16.1. The number of rotatable bonds is 4. The Morgan fingerprint density at radius 1 is 1.29 bits per heavy atom. The van der Waals surface area contributed by atoms with Gasteiger partial charge >= 0.3 is 0 Å². The number of aryl methyl sites for hydroxylation is 1. The van der Waals surface area contributed by atoms with Gasteiger partial charge in [0.1, 0.15) is 17.9 Å². The molecule has 1 heterocycles. The predicted molar refractivity (Wildman–Crippen MR) is 95.2 cm³/mol. The third-order valence-electron chi connectivity index (χ3n) is 3.80. The monoisotopic (exact) mass is 341 g/mol. The molecule has 5 nitrogen and oxygen atoms in total. The number of fused-ring (bicyclic) bond motifs is 1. The van der Waals surface area contributed by atoms with Crippen molar-refractivity contribution in [1.82, 2.24) is 4.98 Å². The fourth-order valence-electron chi connectivity index (χ4n) is 2.54. The van der Waals surface area contributed by atoms with E-state index in [0.29, 0.717) is 27.4 Å². The van der Waals surface area contributed by atoms with E-state index >= 15 is 0 Å². The highest BCUT2D eigenvalue weighted by Gasteiger charge is 2.15. The van der Waals surface area contributed by atoms with Crippen LogP contribution in [0.1, 0.15) is 21.5 Å². The molecular formula is C18H16ClN3O2. The minimum absolute atomic E-state index is 0.168. The number of hydrogen-bond acceptors (Lipinski definition) is 4. The summed E-state index contributed by atoms with van der Waals surface area (Å²) in [5, 5.41) is 1.29. The number of carbonyl (C=O) groups excluding carboxylic acids is 1. The zero-order valence-corrected chi connectivity index (χ0v) is 13.8. The molecule has 0 saturated heterocycles. The molecule has 3 rings (SSSR count). The molecule has 1 amide bonds. The van der Waals surface area contributed by atoms with Crippen molar-refractivity contribution in [1.29, 1.82) is 0 Å². The normalized spacial score (nSPS) is 10.8. The van der Waals surface area contributed by atoms with Crippen LogP contribution < -0.4 is 16.2 Å². The molecule has 0 aliphatic heterocycles. The van der Waals surface area contributed by atoms with E-state index in [1.54, 1.807) is 12.1 Å². The average molecular weight is 342 g/mol. The lowest BCUT2D eigenvalue weighted by molar-refractivity contribution is 0.0996. The van der Waals surface area contributed by atoms with E-state index in [4.69, 9.17) is 27.8 Å². The van der Waals surface area contributed by atoms with Gasteiger partial charge in [-0.3, -0.25) is 9.78 Å². The Kier molecular flexibility index (Phi) is 4.27. The summed E-state index contributed by atoms with van der Waals surface area (Å²) >= 11 is 6.09. The van der Waals surface area contributed by atoms with E-state index in [9.17, 15) is 4.79 Å². The quantitative estimate of drug-likeness (QED) is 0.711. The molecule has 24 heavy (non-hydrogen) atoms. The summed E-state index contributed by atoms with van der Waals surface area (Å²) < 4.78 is 5.91. The molecule has 0 bridgehead atoms. The molecule has 0 atom stereocenters. The summed E-state index contributed by atoms with van der Waals surface area (Å²) in [4.78, 5) is 15.9. The van der Waals surface area contributed by atoms with Gasteiger partial charge in [-0.05, 0) is 36.8 Å². The number of amides is 1. The number of para-hydroxylation sites is 1. The lowest BCUT2D eigenvalue weighted by Gasteiger charge is -2.14. The molecule has 0 fully saturated rings. The van der Waals surface area contributed by atoms with Crippen LogP contribution in [0.4, 0.5) is 5.69 Å². The van der Waals surface area contributed by atoms with Gasteiger partial charge in [0.15, 0.2) is 0 Å². The number of anilines is 1. The van der Waals surface area contributed by atoms with E-state index in [1.807, 2.05) is 31.2 Å². The maximum atomic E-state index is 11.7. The highest BCUT2D eigenvalue weighted by Crippen LogP contribution is 2.30. The van der Waals surface area contributed by atoms with Crippen molar-refractivity contribution in [3.8, 4) is 5.75 Å². The van der Waals surface area contributed by atoms with Gasteiger partial charge in [-0.15, -0.1) is 0 Å². The van der Waals surface area contributed by atoms with Crippen LogP contribution in [0.2, 0.25) is 5.02 Å². The highest BCUT2D eigenvalue weighted by atomic mass is 35.5.